The van der Waals surface area contributed by atoms with Crippen LogP contribution in [0.15, 0.2) is 24.3 Å². The molecule has 2 saturated heterocycles. The minimum absolute atomic E-state index is 0.0409. The number of amides is 2. The van der Waals surface area contributed by atoms with E-state index >= 15 is 4.39 Å². The first kappa shape index (κ1) is 22.8. The largest absolute Gasteiger partial charge is 0.491 e. The third kappa shape index (κ3) is 3.78. The van der Waals surface area contributed by atoms with Crippen LogP contribution >= 0.6 is 11.3 Å². The number of rotatable bonds is 3. The number of hydrogen-bond donors (Lipinski definition) is 3. The third-order valence-electron chi connectivity index (χ3n) is 7.45. The molecule has 0 spiro atoms. The number of thiophene rings is 1. The molecule has 0 radical (unpaired) electrons. The number of pyridine rings is 1. The first-order valence-electron chi connectivity index (χ1n) is 11.9. The molecule has 0 saturated carbocycles. The lowest BCUT2D eigenvalue weighted by molar-refractivity contribution is 0.0919. The Morgan fingerprint density at radius 1 is 1.31 bits per heavy atom. The van der Waals surface area contributed by atoms with Gasteiger partial charge in [0.1, 0.15) is 27.9 Å². The zero-order chi connectivity index (χ0) is 25.1. The Labute approximate surface area is 210 Å². The lowest BCUT2D eigenvalue weighted by atomic mass is 10.0. The van der Waals surface area contributed by atoms with Gasteiger partial charge in [-0.3, -0.25) is 4.79 Å². The van der Waals surface area contributed by atoms with E-state index in [1.54, 1.807) is 0 Å². The van der Waals surface area contributed by atoms with Gasteiger partial charge >= 0.3 is 6.09 Å². The fourth-order valence-electron chi connectivity index (χ4n) is 5.63. The smallest absolute Gasteiger partial charge is 0.407 e. The van der Waals surface area contributed by atoms with Crippen LogP contribution in [0.3, 0.4) is 0 Å². The molecular formula is C25H26FN5O4S. The van der Waals surface area contributed by atoms with E-state index in [0.717, 1.165) is 24.0 Å². The van der Waals surface area contributed by atoms with Crippen molar-refractivity contribution in [2.75, 3.05) is 36.9 Å². The topological polar surface area (TPSA) is 121 Å². The lowest BCUT2D eigenvalue weighted by Gasteiger charge is -2.30. The second-order valence-electron chi connectivity index (χ2n) is 9.74. The van der Waals surface area contributed by atoms with Crippen molar-refractivity contribution in [3.8, 4) is 5.75 Å². The molecule has 6 rings (SSSR count). The van der Waals surface area contributed by atoms with Crippen LogP contribution < -0.4 is 20.7 Å². The molecule has 2 aromatic heterocycles. The van der Waals surface area contributed by atoms with Crippen LogP contribution in [-0.2, 0) is 6.42 Å². The van der Waals surface area contributed by atoms with Crippen LogP contribution in [0, 0.1) is 18.7 Å². The first-order valence-corrected chi connectivity index (χ1v) is 12.8. The maximum Gasteiger partial charge on any atom is 0.407 e. The summed E-state index contributed by atoms with van der Waals surface area (Å²) < 4.78 is 21.2. The summed E-state index contributed by atoms with van der Waals surface area (Å²) in [6, 6.07) is 6.68. The Kier molecular flexibility index (Phi) is 5.40. The number of carboxylic acid groups (broad SMARTS) is 1. The fraction of sp³-hybridized carbons (Fsp3) is 0.400. The standard InChI is InChI=1S/C25H26FN5O4S/c1-12-2-3-16-21(27)22(36-24(16)28-12)23(32)29-14-6-17-18(26)7-15(8-20(17)35-11-14)31-5-4-13-9-30(25(33)34)10-19(13)31/h2-3,7-8,13-14,19H,4-6,9-11,27H2,1H3,(H,29,32)(H,33,34)/t13-,14-,19+/m1/s1. The van der Waals surface area contributed by atoms with Gasteiger partial charge in [0.2, 0.25) is 0 Å². The molecule has 4 N–H and O–H groups in total. The number of nitrogens with zero attached hydrogens (tertiary/aromatic N) is 3. The normalized spacial score (nSPS) is 22.9. The average molecular weight is 512 g/mol. The summed E-state index contributed by atoms with van der Waals surface area (Å²) >= 11 is 1.24. The lowest BCUT2D eigenvalue weighted by Crippen LogP contribution is -2.43. The molecular weight excluding hydrogens is 485 g/mol. The molecule has 9 nitrogen and oxygen atoms in total. The van der Waals surface area contributed by atoms with Gasteiger partial charge in [0.05, 0.1) is 17.8 Å². The molecule has 0 unspecified atom stereocenters. The van der Waals surface area contributed by atoms with Gasteiger partial charge in [-0.05, 0) is 31.5 Å². The number of aromatic nitrogens is 1. The van der Waals surface area contributed by atoms with Crippen molar-refractivity contribution in [1.29, 1.82) is 0 Å². The number of hydrogen-bond acceptors (Lipinski definition) is 7. The summed E-state index contributed by atoms with van der Waals surface area (Å²) in [6.45, 7) is 3.78. The van der Waals surface area contributed by atoms with Crippen molar-refractivity contribution >= 4 is 44.9 Å². The van der Waals surface area contributed by atoms with Gasteiger partial charge in [-0.2, -0.15) is 0 Å². The van der Waals surface area contributed by atoms with Crippen molar-refractivity contribution in [3.63, 3.8) is 0 Å². The molecule has 2 amide bonds. The van der Waals surface area contributed by atoms with Crippen LogP contribution in [0.4, 0.5) is 20.6 Å². The molecule has 3 aliphatic heterocycles. The van der Waals surface area contributed by atoms with Crippen molar-refractivity contribution in [1.82, 2.24) is 15.2 Å². The molecule has 5 heterocycles. The summed E-state index contributed by atoms with van der Waals surface area (Å²) in [5.41, 5.74) is 8.58. The van der Waals surface area contributed by atoms with Crippen LogP contribution in [0.2, 0.25) is 0 Å². The molecule has 3 aromatic rings. The number of nitrogen functional groups attached to an aromatic ring is 1. The molecule has 188 valence electrons. The number of anilines is 2. The van der Waals surface area contributed by atoms with Crippen LogP contribution in [-0.4, -0.2) is 65.3 Å². The highest BCUT2D eigenvalue weighted by molar-refractivity contribution is 7.21. The molecule has 11 heteroatoms. The first-order chi connectivity index (χ1) is 17.3. The number of likely N-dealkylation sites (tertiary alicyclic amines) is 1. The predicted octanol–water partition coefficient (Wildman–Crippen LogP) is 3.25. The number of halogens is 1. The van der Waals surface area contributed by atoms with Gasteiger partial charge in [0.25, 0.3) is 5.91 Å². The Morgan fingerprint density at radius 3 is 2.94 bits per heavy atom. The number of benzene rings is 1. The molecule has 3 atom stereocenters. The zero-order valence-corrected chi connectivity index (χ0v) is 20.5. The molecule has 36 heavy (non-hydrogen) atoms. The van der Waals surface area contributed by atoms with E-state index < -0.39 is 12.1 Å². The zero-order valence-electron chi connectivity index (χ0n) is 19.7. The van der Waals surface area contributed by atoms with E-state index in [9.17, 15) is 14.7 Å². The highest BCUT2D eigenvalue weighted by atomic mass is 32.1. The summed E-state index contributed by atoms with van der Waals surface area (Å²) in [5, 5.41) is 13.0. The van der Waals surface area contributed by atoms with Crippen molar-refractivity contribution in [3.05, 3.63) is 46.2 Å². The molecule has 1 aromatic carbocycles. The molecule has 2 fully saturated rings. The summed E-state index contributed by atoms with van der Waals surface area (Å²) in [4.78, 5) is 33.4. The minimum atomic E-state index is -0.916. The monoisotopic (exact) mass is 511 g/mol. The van der Waals surface area contributed by atoms with Crippen molar-refractivity contribution < 1.29 is 23.8 Å². The second kappa shape index (κ2) is 8.51. The van der Waals surface area contributed by atoms with E-state index in [-0.39, 0.29) is 30.3 Å². The second-order valence-corrected chi connectivity index (χ2v) is 10.7. The van der Waals surface area contributed by atoms with Gasteiger partial charge in [0.15, 0.2) is 0 Å². The van der Waals surface area contributed by atoms with Gasteiger partial charge in [-0.1, -0.05) is 0 Å². The highest BCUT2D eigenvalue weighted by Crippen LogP contribution is 2.39. The van der Waals surface area contributed by atoms with E-state index in [1.165, 1.54) is 22.3 Å². The third-order valence-corrected chi connectivity index (χ3v) is 8.57. The molecule has 3 aliphatic rings. The maximum atomic E-state index is 15.3. The van der Waals surface area contributed by atoms with E-state index in [0.29, 0.717) is 51.9 Å². The van der Waals surface area contributed by atoms with Crippen LogP contribution in [0.25, 0.3) is 10.2 Å². The Hall–Kier alpha value is -3.60. The molecule has 0 bridgehead atoms. The van der Waals surface area contributed by atoms with Gasteiger partial charge in [0, 0.05) is 60.4 Å². The number of carbonyl (C=O) groups excluding carboxylic acids is 1. The van der Waals surface area contributed by atoms with E-state index in [1.807, 2.05) is 25.1 Å². The maximum absolute atomic E-state index is 15.3. The quantitative estimate of drug-likeness (QED) is 0.494. The number of nitrogens with two attached hydrogens (primary N) is 1. The van der Waals surface area contributed by atoms with Crippen molar-refractivity contribution in [2.24, 2.45) is 5.92 Å². The van der Waals surface area contributed by atoms with Crippen LogP contribution in [0.1, 0.15) is 27.3 Å². The Morgan fingerprint density at radius 2 is 2.14 bits per heavy atom. The van der Waals surface area contributed by atoms with E-state index in [2.05, 4.69) is 15.2 Å². The number of aryl methyl sites for hydroxylation is 1. The number of nitrogens with one attached hydrogen (secondary N) is 1. The van der Waals surface area contributed by atoms with Crippen LogP contribution in [0.5, 0.6) is 5.75 Å². The Balaban J connectivity index is 1.18. The van der Waals surface area contributed by atoms with Gasteiger partial charge in [-0.15, -0.1) is 11.3 Å². The number of carbonyl (C=O) groups is 2. The fourth-order valence-corrected chi connectivity index (χ4v) is 6.67. The SMILES string of the molecule is Cc1ccc2c(N)c(C(=O)N[C@H]3COc4cc(N5CC[C@@H]6CN(C(=O)O)C[C@@H]65)cc(F)c4C3)sc2n1. The average Bonchev–Trinajstić information content (AvgIpc) is 3.52. The number of ether oxygens (including phenoxy) is 1. The Bertz CT molecular complexity index is 1390. The summed E-state index contributed by atoms with van der Waals surface area (Å²) in [5.74, 6) is 0.00263. The summed E-state index contributed by atoms with van der Waals surface area (Å²) in [6.07, 6.45) is 0.257. The summed E-state index contributed by atoms with van der Waals surface area (Å²) in [7, 11) is 0. The molecule has 0 aliphatic carbocycles. The van der Waals surface area contributed by atoms with Gasteiger partial charge < -0.3 is 30.7 Å². The van der Waals surface area contributed by atoms with Gasteiger partial charge in [-0.25, -0.2) is 14.2 Å². The highest BCUT2D eigenvalue weighted by Gasteiger charge is 2.43. The number of fused-ring (bicyclic) bond motifs is 3. The predicted molar refractivity (Wildman–Crippen MR) is 134 cm³/mol. The minimum Gasteiger partial charge on any atom is -0.491 e. The van der Waals surface area contributed by atoms with Crippen molar-refractivity contribution in [2.45, 2.75) is 31.8 Å². The van der Waals surface area contributed by atoms with E-state index in [4.69, 9.17) is 10.5 Å².